The minimum atomic E-state index is -1.40. The first-order chi connectivity index (χ1) is 15.3. The summed E-state index contributed by atoms with van der Waals surface area (Å²) in [5, 5.41) is 34.8. The highest BCUT2D eigenvalue weighted by Crippen LogP contribution is 2.31. The third kappa shape index (κ3) is 4.02. The van der Waals surface area contributed by atoms with Gasteiger partial charge in [0.15, 0.2) is 11.5 Å². The highest BCUT2D eigenvalue weighted by Gasteiger charge is 2.32. The van der Waals surface area contributed by atoms with Gasteiger partial charge >= 0.3 is 5.97 Å². The number of benzene rings is 2. The maximum Gasteiger partial charge on any atom is 0.356 e. The van der Waals surface area contributed by atoms with E-state index in [4.69, 9.17) is 0 Å². The van der Waals surface area contributed by atoms with Crippen LogP contribution in [0.3, 0.4) is 0 Å². The number of aromatic amines is 1. The van der Waals surface area contributed by atoms with Gasteiger partial charge < -0.3 is 14.8 Å². The van der Waals surface area contributed by atoms with E-state index >= 15 is 0 Å². The van der Waals surface area contributed by atoms with Gasteiger partial charge in [-0.3, -0.25) is 0 Å². The Labute approximate surface area is 184 Å². The third-order valence-electron chi connectivity index (χ3n) is 5.29. The lowest BCUT2D eigenvalue weighted by Gasteiger charge is -2.22. The predicted octanol–water partition coefficient (Wildman–Crippen LogP) is 3.27. The average molecular weight is 432 g/mol. The van der Waals surface area contributed by atoms with E-state index in [1.807, 2.05) is 55.5 Å². The average Bonchev–Trinajstić information content (AvgIpc) is 3.42. The first-order valence-corrected chi connectivity index (χ1v) is 10.3. The Morgan fingerprint density at radius 1 is 1.12 bits per heavy atom. The molecule has 4 aromatic rings. The second-order valence-corrected chi connectivity index (χ2v) is 8.02. The molecule has 4 rings (SSSR count). The standard InChI is InChI=1S/C23H24N6O3/c1-4-18-24-19(22(30)31)20(23(2,3)32)29(18)13-16-11-10-15(14-8-6-5-7-9-14)12-17(16)21-25-27-28-26-21/h5-12,32H,4,13H2,1-3H3,(H,30,31)(H,25,26,27,28). The van der Waals surface area contributed by atoms with Crippen molar-refractivity contribution in [3.8, 4) is 22.5 Å². The lowest BCUT2D eigenvalue weighted by atomic mass is 9.97. The number of aromatic nitrogens is 6. The molecular weight excluding hydrogens is 408 g/mol. The van der Waals surface area contributed by atoms with Crippen LogP contribution in [0.25, 0.3) is 22.5 Å². The van der Waals surface area contributed by atoms with Crippen molar-refractivity contribution in [2.75, 3.05) is 0 Å². The molecule has 2 aromatic heterocycles. The second kappa shape index (κ2) is 8.35. The number of H-pyrrole nitrogens is 1. The molecule has 32 heavy (non-hydrogen) atoms. The Hall–Kier alpha value is -3.85. The fourth-order valence-electron chi connectivity index (χ4n) is 3.90. The predicted molar refractivity (Wildman–Crippen MR) is 118 cm³/mol. The van der Waals surface area contributed by atoms with Crippen LogP contribution >= 0.6 is 0 Å². The van der Waals surface area contributed by atoms with Crippen LogP contribution in [0.2, 0.25) is 0 Å². The molecule has 0 aliphatic heterocycles. The number of hydrogen-bond acceptors (Lipinski definition) is 6. The van der Waals surface area contributed by atoms with Gasteiger partial charge in [0.05, 0.1) is 5.69 Å². The highest BCUT2D eigenvalue weighted by molar-refractivity contribution is 5.87. The fourth-order valence-corrected chi connectivity index (χ4v) is 3.90. The highest BCUT2D eigenvalue weighted by atomic mass is 16.4. The molecule has 0 radical (unpaired) electrons. The zero-order chi connectivity index (χ0) is 22.9. The second-order valence-electron chi connectivity index (χ2n) is 8.02. The van der Waals surface area contributed by atoms with Crippen LogP contribution in [0.1, 0.15) is 48.3 Å². The molecular formula is C23H24N6O3. The summed E-state index contributed by atoms with van der Waals surface area (Å²) >= 11 is 0. The Bertz CT molecular complexity index is 1240. The van der Waals surface area contributed by atoms with E-state index in [1.165, 1.54) is 0 Å². The van der Waals surface area contributed by atoms with Crippen LogP contribution < -0.4 is 0 Å². The largest absolute Gasteiger partial charge is 0.476 e. The Morgan fingerprint density at radius 2 is 1.88 bits per heavy atom. The smallest absolute Gasteiger partial charge is 0.356 e. The summed E-state index contributed by atoms with van der Waals surface area (Å²) in [4.78, 5) is 16.1. The molecule has 0 aliphatic rings. The molecule has 2 aromatic carbocycles. The monoisotopic (exact) mass is 432 g/mol. The number of hydrogen-bond donors (Lipinski definition) is 3. The first-order valence-electron chi connectivity index (χ1n) is 10.3. The van der Waals surface area contributed by atoms with E-state index in [-0.39, 0.29) is 11.4 Å². The van der Waals surface area contributed by atoms with Gasteiger partial charge in [-0.25, -0.2) is 14.9 Å². The van der Waals surface area contributed by atoms with Gasteiger partial charge in [0.2, 0.25) is 0 Å². The maximum atomic E-state index is 11.8. The van der Waals surface area contributed by atoms with Crippen molar-refractivity contribution in [3.05, 3.63) is 71.3 Å². The van der Waals surface area contributed by atoms with Crippen molar-refractivity contribution in [1.82, 2.24) is 30.2 Å². The SMILES string of the molecule is CCc1nc(C(=O)O)c(C(C)(C)O)n1Cc1ccc(-c2ccccc2)cc1-c1nnn[nH]1. The summed E-state index contributed by atoms with van der Waals surface area (Å²) < 4.78 is 1.77. The lowest BCUT2D eigenvalue weighted by Crippen LogP contribution is -2.25. The lowest BCUT2D eigenvalue weighted by molar-refractivity contribution is 0.0588. The number of carboxylic acid groups (broad SMARTS) is 1. The molecule has 164 valence electrons. The van der Waals surface area contributed by atoms with Crippen LogP contribution in [-0.2, 0) is 18.6 Å². The molecule has 9 nitrogen and oxygen atoms in total. The number of nitrogens with zero attached hydrogens (tertiary/aromatic N) is 5. The van der Waals surface area contributed by atoms with Crippen molar-refractivity contribution in [2.24, 2.45) is 0 Å². The molecule has 0 saturated heterocycles. The van der Waals surface area contributed by atoms with Crippen LogP contribution in [0.5, 0.6) is 0 Å². The van der Waals surface area contributed by atoms with Crippen molar-refractivity contribution in [3.63, 3.8) is 0 Å². The number of imidazole rings is 1. The van der Waals surface area contributed by atoms with Gasteiger partial charge in [-0.15, -0.1) is 5.10 Å². The van der Waals surface area contributed by atoms with E-state index in [1.54, 1.807) is 18.4 Å². The molecule has 0 amide bonds. The molecule has 3 N–H and O–H groups in total. The van der Waals surface area contributed by atoms with Gasteiger partial charge in [-0.05, 0) is 47.0 Å². The molecule has 9 heteroatoms. The number of carbonyl (C=O) groups is 1. The summed E-state index contributed by atoms with van der Waals surface area (Å²) in [5.74, 6) is -0.0952. The molecule has 0 bridgehead atoms. The maximum absolute atomic E-state index is 11.8. The minimum absolute atomic E-state index is 0.141. The molecule has 2 heterocycles. The van der Waals surface area contributed by atoms with Gasteiger partial charge in [-0.1, -0.05) is 49.4 Å². The van der Waals surface area contributed by atoms with E-state index in [9.17, 15) is 15.0 Å². The first kappa shape index (κ1) is 21.4. The van der Waals surface area contributed by atoms with Gasteiger partial charge in [0, 0.05) is 18.5 Å². The molecule has 0 aliphatic carbocycles. The number of aryl methyl sites for hydroxylation is 1. The zero-order valence-electron chi connectivity index (χ0n) is 18.1. The zero-order valence-corrected chi connectivity index (χ0v) is 18.1. The van der Waals surface area contributed by atoms with Gasteiger partial charge in [0.1, 0.15) is 11.4 Å². The topological polar surface area (TPSA) is 130 Å². The number of tetrazole rings is 1. The quantitative estimate of drug-likeness (QED) is 0.409. The summed E-state index contributed by atoms with van der Waals surface area (Å²) in [6.45, 7) is 5.32. The van der Waals surface area contributed by atoms with Crippen molar-refractivity contribution in [2.45, 2.75) is 39.3 Å². The number of rotatable bonds is 7. The fraction of sp³-hybridized carbons (Fsp3) is 0.261. The minimum Gasteiger partial charge on any atom is -0.476 e. The number of aromatic carboxylic acids is 1. The number of aliphatic hydroxyl groups is 1. The van der Waals surface area contributed by atoms with Crippen molar-refractivity contribution in [1.29, 1.82) is 0 Å². The van der Waals surface area contributed by atoms with E-state index in [0.717, 1.165) is 22.3 Å². The molecule has 0 unspecified atom stereocenters. The molecule has 0 saturated carbocycles. The van der Waals surface area contributed by atoms with Crippen molar-refractivity contribution < 1.29 is 15.0 Å². The van der Waals surface area contributed by atoms with Crippen molar-refractivity contribution >= 4 is 5.97 Å². The summed E-state index contributed by atoms with van der Waals surface area (Å²) in [6, 6.07) is 15.9. The Balaban J connectivity index is 1.88. The summed E-state index contributed by atoms with van der Waals surface area (Å²) in [7, 11) is 0. The van der Waals surface area contributed by atoms with Crippen LogP contribution in [0, 0.1) is 0 Å². The summed E-state index contributed by atoms with van der Waals surface area (Å²) in [5.41, 5.74) is 2.41. The molecule has 0 fully saturated rings. The van der Waals surface area contributed by atoms with Crippen LogP contribution in [-0.4, -0.2) is 46.4 Å². The molecule has 0 atom stereocenters. The van der Waals surface area contributed by atoms with E-state index in [0.29, 0.717) is 24.6 Å². The Kier molecular flexibility index (Phi) is 5.58. The van der Waals surface area contributed by atoms with Crippen LogP contribution in [0.4, 0.5) is 0 Å². The van der Waals surface area contributed by atoms with E-state index in [2.05, 4.69) is 25.6 Å². The normalized spacial score (nSPS) is 11.6. The number of nitrogens with one attached hydrogen (secondary N) is 1. The van der Waals surface area contributed by atoms with E-state index < -0.39 is 11.6 Å². The van der Waals surface area contributed by atoms with Gasteiger partial charge in [0.25, 0.3) is 0 Å². The van der Waals surface area contributed by atoms with Gasteiger partial charge in [-0.2, -0.15) is 0 Å². The van der Waals surface area contributed by atoms with Crippen LogP contribution in [0.15, 0.2) is 48.5 Å². The third-order valence-corrected chi connectivity index (χ3v) is 5.29. The summed E-state index contributed by atoms with van der Waals surface area (Å²) in [6.07, 6.45) is 0.512. The Morgan fingerprint density at radius 3 is 2.47 bits per heavy atom. The molecule has 0 spiro atoms. The number of carboxylic acids is 1.